The molecule has 2 aliphatic heterocycles. The number of nitrogens with one attached hydrogen (secondary N) is 2. The van der Waals surface area contributed by atoms with Crippen molar-refractivity contribution in [1.29, 1.82) is 0 Å². The molecule has 276 valence electrons. The molecule has 12 atom stereocenters. The molecule has 0 radical (unpaired) electrons. The Morgan fingerprint density at radius 1 is 0.592 bits per heavy atom. The first-order valence-electron chi connectivity index (χ1n) is 12.9. The van der Waals surface area contributed by atoms with Crippen molar-refractivity contribution in [1.82, 2.24) is 19.1 Å². The predicted octanol–water partition coefficient (Wildman–Crippen LogP) is -4.19. The second kappa shape index (κ2) is 14.7. The van der Waals surface area contributed by atoms with Crippen LogP contribution in [0.2, 0.25) is 0 Å². The summed E-state index contributed by atoms with van der Waals surface area (Å²) >= 11 is 0. The van der Waals surface area contributed by atoms with Crippen LogP contribution in [0, 0.1) is 0 Å². The van der Waals surface area contributed by atoms with E-state index in [0.29, 0.717) is 9.13 Å². The van der Waals surface area contributed by atoms with Gasteiger partial charge in [-0.2, -0.15) is 12.9 Å². The number of aromatic nitrogens is 4. The van der Waals surface area contributed by atoms with E-state index in [2.05, 4.69) is 22.0 Å². The van der Waals surface area contributed by atoms with Gasteiger partial charge in [0.1, 0.15) is 36.6 Å². The van der Waals surface area contributed by atoms with Crippen LogP contribution >= 0.6 is 31.3 Å². The Kier molecular flexibility index (Phi) is 11.9. The number of H-pyrrole nitrogens is 2. The van der Waals surface area contributed by atoms with Crippen molar-refractivity contribution < 1.29 is 89.7 Å². The Balaban J connectivity index is 1.31. The second-order valence-corrected chi connectivity index (χ2v) is 16.1. The quantitative estimate of drug-likeness (QED) is 0.0811. The van der Waals surface area contributed by atoms with Crippen molar-refractivity contribution >= 4 is 31.3 Å². The maximum Gasteiger partial charge on any atom is 0.490 e. The lowest BCUT2D eigenvalue weighted by molar-refractivity contribution is -0.0544. The number of hydrogen-bond donors (Lipinski definition) is 10. The zero-order valence-corrected chi connectivity index (χ0v) is 27.3. The Morgan fingerprint density at radius 3 is 1.24 bits per heavy atom. The van der Waals surface area contributed by atoms with Crippen LogP contribution in [0.25, 0.3) is 0 Å². The molecule has 5 unspecified atom stereocenters. The van der Waals surface area contributed by atoms with Crippen molar-refractivity contribution in [3.05, 3.63) is 66.2 Å². The number of hydrogen-bond acceptors (Lipinski definition) is 19. The van der Waals surface area contributed by atoms with Gasteiger partial charge in [0.05, 0.1) is 13.2 Å². The lowest BCUT2D eigenvalue weighted by atomic mass is 10.1. The molecule has 31 heteroatoms. The smallest absolute Gasteiger partial charge is 0.387 e. The minimum absolute atomic E-state index is 0.642. The number of phosphoric ester groups is 2. The molecule has 0 aromatic carbocycles. The molecule has 10 N–H and O–H groups in total. The third-order valence-corrected chi connectivity index (χ3v) is 12.3. The minimum Gasteiger partial charge on any atom is -0.387 e. The number of aromatic amines is 2. The SMILES string of the molecule is O=c1ccn(C2O[C@H](COP(=O)(O)OP(=O)(O)OP(=O)(O)OP(=O)(O)OC[C@H]3O[C@@H](n4ccc(=O)[nH]c4=O)[C@H](O)[C@@H]3O)[C@@H](O)[C@H]2O)c(=O)[nH]1. The van der Waals surface area contributed by atoms with Gasteiger partial charge in [-0.25, -0.2) is 27.8 Å². The van der Waals surface area contributed by atoms with Crippen molar-refractivity contribution in [2.75, 3.05) is 13.2 Å². The van der Waals surface area contributed by atoms with Crippen LogP contribution < -0.4 is 22.5 Å². The number of aliphatic hydroxyl groups excluding tert-OH is 4. The highest BCUT2D eigenvalue weighted by molar-refractivity contribution is 7.69. The summed E-state index contributed by atoms with van der Waals surface area (Å²) in [6.45, 7) is -2.43. The summed E-state index contributed by atoms with van der Waals surface area (Å²) in [6.07, 6.45) is -12.6. The molecule has 2 aromatic heterocycles. The first kappa shape index (κ1) is 39.5. The van der Waals surface area contributed by atoms with Gasteiger partial charge in [0.15, 0.2) is 12.5 Å². The average molecular weight is 790 g/mol. The van der Waals surface area contributed by atoms with Crippen LogP contribution in [-0.2, 0) is 49.7 Å². The fourth-order valence-corrected chi connectivity index (χ4v) is 9.20. The highest BCUT2D eigenvalue weighted by Crippen LogP contribution is 2.71. The van der Waals surface area contributed by atoms with Crippen LogP contribution in [0.4, 0.5) is 0 Å². The third kappa shape index (κ3) is 9.93. The maximum atomic E-state index is 12.2. The molecule has 0 amide bonds. The van der Waals surface area contributed by atoms with E-state index in [1.165, 1.54) is 0 Å². The number of rotatable bonds is 14. The number of ether oxygens (including phenoxy) is 2. The third-order valence-electron chi connectivity index (χ3n) is 6.35. The van der Waals surface area contributed by atoms with Crippen LogP contribution in [0.3, 0.4) is 0 Å². The second-order valence-electron chi connectivity index (χ2n) is 9.84. The molecule has 4 heterocycles. The van der Waals surface area contributed by atoms with E-state index < -0.39 is 116 Å². The van der Waals surface area contributed by atoms with Gasteiger partial charge >= 0.3 is 42.7 Å². The molecule has 0 spiro atoms. The maximum absolute atomic E-state index is 12.2. The molecule has 0 saturated carbocycles. The number of aliphatic hydroxyl groups is 4. The molecule has 2 fully saturated rings. The van der Waals surface area contributed by atoms with Crippen molar-refractivity contribution in [2.45, 2.75) is 49.1 Å². The first-order chi connectivity index (χ1) is 22.5. The normalized spacial score (nSPS) is 32.2. The van der Waals surface area contributed by atoms with Gasteiger partial charge in [-0.1, -0.05) is 0 Å². The van der Waals surface area contributed by atoms with Gasteiger partial charge in [0.25, 0.3) is 11.1 Å². The van der Waals surface area contributed by atoms with Gasteiger partial charge in [0.2, 0.25) is 0 Å². The average Bonchev–Trinajstić information content (AvgIpc) is 3.38. The predicted molar refractivity (Wildman–Crippen MR) is 149 cm³/mol. The molecule has 2 aromatic rings. The first-order valence-corrected chi connectivity index (χ1v) is 18.9. The Hall–Kier alpha value is -2.32. The minimum atomic E-state index is -6.24. The van der Waals surface area contributed by atoms with Gasteiger partial charge in [-0.15, -0.1) is 0 Å². The fraction of sp³-hybridized carbons (Fsp3) is 0.556. The highest BCUT2D eigenvalue weighted by Gasteiger charge is 2.49. The Labute approximate surface area is 268 Å². The molecule has 2 saturated heterocycles. The van der Waals surface area contributed by atoms with E-state index in [4.69, 9.17) is 9.47 Å². The van der Waals surface area contributed by atoms with Crippen LogP contribution in [-0.4, -0.2) is 109 Å². The van der Waals surface area contributed by atoms with Crippen molar-refractivity contribution in [3.8, 4) is 0 Å². The lowest BCUT2D eigenvalue weighted by Gasteiger charge is -2.21. The van der Waals surface area contributed by atoms with Gasteiger partial charge in [-0.3, -0.25) is 37.7 Å². The fourth-order valence-electron chi connectivity index (χ4n) is 4.25. The summed E-state index contributed by atoms with van der Waals surface area (Å²) in [6, 6.07) is 1.73. The lowest BCUT2D eigenvalue weighted by Crippen LogP contribution is -2.37. The van der Waals surface area contributed by atoms with Gasteiger partial charge in [0, 0.05) is 24.5 Å². The van der Waals surface area contributed by atoms with E-state index in [9.17, 15) is 77.4 Å². The molecule has 4 rings (SSSR count). The zero-order chi connectivity index (χ0) is 36.7. The standard InChI is InChI=1S/C18H26N4O23P4/c23-9-1-3-21(17(29)19-9)15-13(27)11(25)7(41-15)5-39-46(31,32)43-48(35,36)45-49(37,38)44-47(33,34)40-6-8-12(26)14(28)16(42-8)22-4-2-10(24)20-18(22)30/h1-4,7-8,11-16,25-28H,5-6H2,(H,31,32)(H,33,34)(H,35,36)(H,37,38)(H,19,23,29)(H,20,24,30)/t7-,8-,11-,12-,13-,14-,15-,16?/m1/s1. The molecule has 27 nitrogen and oxygen atoms in total. The van der Waals surface area contributed by atoms with E-state index in [-0.39, 0.29) is 0 Å². The summed E-state index contributed by atoms with van der Waals surface area (Å²) in [5.74, 6) is 0. The van der Waals surface area contributed by atoms with Gasteiger partial charge in [-0.05, 0) is 0 Å². The summed E-state index contributed by atoms with van der Waals surface area (Å²) in [4.78, 5) is 89.1. The zero-order valence-electron chi connectivity index (χ0n) is 23.7. The Bertz CT molecular complexity index is 1820. The van der Waals surface area contributed by atoms with Crippen LogP contribution in [0.15, 0.2) is 43.7 Å². The highest BCUT2D eigenvalue weighted by atomic mass is 31.3. The summed E-state index contributed by atoms with van der Waals surface area (Å²) in [5, 5.41) is 40.7. The van der Waals surface area contributed by atoms with Crippen LogP contribution in [0.1, 0.15) is 12.5 Å². The molecule has 49 heavy (non-hydrogen) atoms. The molecular formula is C18H26N4O23P4. The van der Waals surface area contributed by atoms with Crippen LogP contribution in [0.5, 0.6) is 0 Å². The van der Waals surface area contributed by atoms with E-state index in [1.807, 2.05) is 9.97 Å². The van der Waals surface area contributed by atoms with Gasteiger partial charge < -0.3 is 49.5 Å². The Morgan fingerprint density at radius 2 is 0.918 bits per heavy atom. The monoisotopic (exact) mass is 790 g/mol. The van der Waals surface area contributed by atoms with Crippen molar-refractivity contribution in [3.63, 3.8) is 0 Å². The molecule has 2 aliphatic rings. The molecule has 0 bridgehead atoms. The molecule has 0 aliphatic carbocycles. The largest absolute Gasteiger partial charge is 0.490 e. The van der Waals surface area contributed by atoms with E-state index in [0.717, 1.165) is 24.5 Å². The van der Waals surface area contributed by atoms with E-state index >= 15 is 0 Å². The van der Waals surface area contributed by atoms with Crippen molar-refractivity contribution in [2.24, 2.45) is 0 Å². The number of nitrogens with zero attached hydrogens (tertiary/aromatic N) is 2. The molecular weight excluding hydrogens is 764 g/mol. The number of phosphoric acid groups is 4. The summed E-state index contributed by atoms with van der Waals surface area (Å²) in [5.41, 5.74) is -3.78. The summed E-state index contributed by atoms with van der Waals surface area (Å²) in [7, 11) is -24.1. The topological polar surface area (TPSA) is 404 Å². The van der Waals surface area contributed by atoms with E-state index in [1.54, 1.807) is 0 Å². The summed E-state index contributed by atoms with van der Waals surface area (Å²) < 4.78 is 80.5.